The van der Waals surface area contributed by atoms with Gasteiger partial charge in [-0.25, -0.2) is 8.42 Å². The highest BCUT2D eigenvalue weighted by molar-refractivity contribution is 7.89. The molecule has 0 N–H and O–H groups in total. The molecule has 1 fully saturated rings. The molecule has 9 nitrogen and oxygen atoms in total. The van der Waals surface area contributed by atoms with Crippen molar-refractivity contribution >= 4 is 33.3 Å². The van der Waals surface area contributed by atoms with E-state index in [1.807, 2.05) is 18.2 Å². The lowest BCUT2D eigenvalue weighted by molar-refractivity contribution is -0.134. The van der Waals surface area contributed by atoms with Crippen LogP contribution in [-0.2, 0) is 19.6 Å². The van der Waals surface area contributed by atoms with E-state index in [-0.39, 0.29) is 49.2 Å². The van der Waals surface area contributed by atoms with Crippen molar-refractivity contribution in [3.05, 3.63) is 54.1 Å². The molecule has 0 radical (unpaired) electrons. The second-order valence-corrected chi connectivity index (χ2v) is 9.20. The van der Waals surface area contributed by atoms with Crippen LogP contribution in [0.4, 0.5) is 5.69 Å². The van der Waals surface area contributed by atoms with Gasteiger partial charge < -0.3 is 14.5 Å². The highest BCUT2D eigenvalue weighted by atomic mass is 32.2. The number of likely N-dealkylation sites (N-methyl/N-ethyl adjacent to an activating group) is 1. The van der Waals surface area contributed by atoms with E-state index in [0.29, 0.717) is 11.4 Å². The Balaban J connectivity index is 1.40. The van der Waals surface area contributed by atoms with Crippen molar-refractivity contribution in [1.82, 2.24) is 9.21 Å². The molecule has 0 aromatic heterocycles. The number of hydrogen-bond donors (Lipinski definition) is 0. The number of piperazine rings is 1. The number of Topliss-reactive ketones (excluding diaryl/α,β-unsaturated/α-hetero) is 1. The number of para-hydroxylation sites is 1. The summed E-state index contributed by atoms with van der Waals surface area (Å²) in [6.07, 6.45) is 0. The summed E-state index contributed by atoms with van der Waals surface area (Å²) in [6.45, 7) is 0.612. The number of rotatable bonds is 5. The third-order valence-electron chi connectivity index (χ3n) is 5.41. The first-order valence-corrected chi connectivity index (χ1v) is 11.2. The van der Waals surface area contributed by atoms with Gasteiger partial charge in [-0.05, 0) is 30.3 Å². The van der Waals surface area contributed by atoms with E-state index in [0.717, 1.165) is 0 Å². The van der Waals surface area contributed by atoms with Crippen molar-refractivity contribution in [2.24, 2.45) is 0 Å². The van der Waals surface area contributed by atoms with E-state index in [1.54, 1.807) is 17.0 Å². The van der Waals surface area contributed by atoms with Crippen molar-refractivity contribution < 1.29 is 27.5 Å². The molecular formula is C21H21N3O6S. The van der Waals surface area contributed by atoms with Gasteiger partial charge in [-0.1, -0.05) is 18.2 Å². The molecule has 162 valence electrons. The van der Waals surface area contributed by atoms with Crippen molar-refractivity contribution in [3.8, 4) is 5.75 Å². The minimum atomic E-state index is -3.86. The molecule has 0 aliphatic carbocycles. The normalized spacial score (nSPS) is 17.1. The van der Waals surface area contributed by atoms with Gasteiger partial charge in [0.25, 0.3) is 17.6 Å². The van der Waals surface area contributed by atoms with Gasteiger partial charge in [-0.3, -0.25) is 14.4 Å². The average molecular weight is 443 g/mol. The molecule has 2 heterocycles. The van der Waals surface area contributed by atoms with Crippen LogP contribution in [0.1, 0.15) is 10.4 Å². The number of carbonyl (C=O) groups is 3. The predicted octanol–water partition coefficient (Wildman–Crippen LogP) is 0.758. The van der Waals surface area contributed by atoms with Gasteiger partial charge >= 0.3 is 0 Å². The van der Waals surface area contributed by atoms with E-state index < -0.39 is 21.7 Å². The van der Waals surface area contributed by atoms with Gasteiger partial charge in [0.1, 0.15) is 5.75 Å². The standard InChI is InChI=1S/C21H21N3O6S/c1-22-18-8-7-16(13-17(18)20(26)21(22)27)31(28,29)24-11-9-23(10-12-24)19(25)14-30-15-5-3-2-4-6-15/h2-8,13H,9-12,14H2,1H3. The maximum Gasteiger partial charge on any atom is 0.299 e. The predicted molar refractivity (Wildman–Crippen MR) is 111 cm³/mol. The summed E-state index contributed by atoms with van der Waals surface area (Å²) >= 11 is 0. The summed E-state index contributed by atoms with van der Waals surface area (Å²) < 4.78 is 32.8. The molecule has 0 atom stereocenters. The maximum absolute atomic E-state index is 13.0. The summed E-state index contributed by atoms with van der Waals surface area (Å²) in [5, 5.41) is 0. The van der Waals surface area contributed by atoms with Crippen LogP contribution in [0.25, 0.3) is 0 Å². The Labute approximate surface area is 179 Å². The van der Waals surface area contributed by atoms with E-state index in [2.05, 4.69) is 0 Å². The summed E-state index contributed by atoms with van der Waals surface area (Å²) in [5.74, 6) is -1.03. The van der Waals surface area contributed by atoms with Gasteiger partial charge in [0.2, 0.25) is 10.0 Å². The molecule has 2 amide bonds. The second-order valence-electron chi connectivity index (χ2n) is 7.26. The minimum Gasteiger partial charge on any atom is -0.484 e. The first kappa shape index (κ1) is 21.0. The third kappa shape index (κ3) is 3.91. The lowest BCUT2D eigenvalue weighted by Crippen LogP contribution is -2.51. The Bertz CT molecular complexity index is 1140. The Morgan fingerprint density at radius 2 is 1.68 bits per heavy atom. The zero-order chi connectivity index (χ0) is 22.2. The SMILES string of the molecule is CN1C(=O)C(=O)c2cc(S(=O)(=O)N3CCN(C(=O)COc4ccccc4)CC3)ccc21. The van der Waals surface area contributed by atoms with Crippen LogP contribution in [0.5, 0.6) is 5.75 Å². The molecule has 0 spiro atoms. The quantitative estimate of drug-likeness (QED) is 0.632. The number of nitrogens with zero attached hydrogens (tertiary/aromatic N) is 3. The van der Waals surface area contributed by atoms with Crippen LogP contribution < -0.4 is 9.64 Å². The largest absolute Gasteiger partial charge is 0.484 e. The number of ketones is 1. The van der Waals surface area contributed by atoms with Crippen LogP contribution in [0.15, 0.2) is 53.4 Å². The topological polar surface area (TPSA) is 104 Å². The fourth-order valence-corrected chi connectivity index (χ4v) is 5.06. The van der Waals surface area contributed by atoms with Crippen LogP contribution in [0, 0.1) is 0 Å². The van der Waals surface area contributed by atoms with Crippen molar-refractivity contribution in [2.45, 2.75) is 4.90 Å². The van der Waals surface area contributed by atoms with Gasteiger partial charge in [0.05, 0.1) is 16.1 Å². The van der Waals surface area contributed by atoms with E-state index in [9.17, 15) is 22.8 Å². The van der Waals surface area contributed by atoms with Gasteiger partial charge in [0.15, 0.2) is 6.61 Å². The highest BCUT2D eigenvalue weighted by Gasteiger charge is 2.36. The van der Waals surface area contributed by atoms with Crippen molar-refractivity contribution in [1.29, 1.82) is 0 Å². The number of benzene rings is 2. The Hall–Kier alpha value is -3.24. The molecule has 2 aliphatic heterocycles. The lowest BCUT2D eigenvalue weighted by Gasteiger charge is -2.34. The molecule has 2 aromatic rings. The molecule has 1 saturated heterocycles. The van der Waals surface area contributed by atoms with E-state index in [1.165, 1.54) is 34.5 Å². The molecule has 0 saturated carbocycles. The zero-order valence-corrected chi connectivity index (χ0v) is 17.7. The maximum atomic E-state index is 13.0. The number of ether oxygens (including phenoxy) is 1. The third-order valence-corrected chi connectivity index (χ3v) is 7.30. The smallest absolute Gasteiger partial charge is 0.299 e. The van der Waals surface area contributed by atoms with Crippen LogP contribution in [0.2, 0.25) is 0 Å². The fourth-order valence-electron chi connectivity index (χ4n) is 3.61. The Kier molecular flexibility index (Phi) is 5.50. The first-order chi connectivity index (χ1) is 14.8. The number of anilines is 1. The van der Waals surface area contributed by atoms with Crippen LogP contribution >= 0.6 is 0 Å². The number of hydrogen-bond acceptors (Lipinski definition) is 6. The van der Waals surface area contributed by atoms with Gasteiger partial charge in [-0.2, -0.15) is 4.31 Å². The van der Waals surface area contributed by atoms with Gasteiger partial charge in [-0.15, -0.1) is 0 Å². The number of amides is 2. The lowest BCUT2D eigenvalue weighted by atomic mass is 10.1. The zero-order valence-electron chi connectivity index (χ0n) is 16.9. The van der Waals surface area contributed by atoms with Crippen molar-refractivity contribution in [3.63, 3.8) is 0 Å². The summed E-state index contributed by atoms with van der Waals surface area (Å²) in [6, 6.07) is 13.1. The molecule has 0 unspecified atom stereocenters. The minimum absolute atomic E-state index is 0.0464. The summed E-state index contributed by atoms with van der Waals surface area (Å²) in [4.78, 5) is 39.0. The summed E-state index contributed by atoms with van der Waals surface area (Å²) in [5.41, 5.74) is 0.475. The average Bonchev–Trinajstić information content (AvgIpc) is 3.02. The molecule has 4 rings (SSSR count). The van der Waals surface area contributed by atoms with Crippen LogP contribution in [0.3, 0.4) is 0 Å². The number of fused-ring (bicyclic) bond motifs is 1. The van der Waals surface area contributed by atoms with Crippen LogP contribution in [-0.4, -0.2) is 75.1 Å². The fraction of sp³-hybridized carbons (Fsp3) is 0.286. The molecule has 0 bridgehead atoms. The first-order valence-electron chi connectivity index (χ1n) is 9.71. The monoisotopic (exact) mass is 443 g/mol. The molecule has 10 heteroatoms. The molecular weight excluding hydrogens is 422 g/mol. The number of sulfonamides is 1. The molecule has 31 heavy (non-hydrogen) atoms. The Morgan fingerprint density at radius 3 is 2.35 bits per heavy atom. The van der Waals surface area contributed by atoms with E-state index in [4.69, 9.17) is 4.74 Å². The van der Waals surface area contributed by atoms with Gasteiger partial charge in [0, 0.05) is 33.2 Å². The summed E-state index contributed by atoms with van der Waals surface area (Å²) in [7, 11) is -2.39. The molecule has 2 aromatic carbocycles. The van der Waals surface area contributed by atoms with Crippen molar-refractivity contribution in [2.75, 3.05) is 44.7 Å². The molecule has 2 aliphatic rings. The van der Waals surface area contributed by atoms with E-state index >= 15 is 0 Å². The second kappa shape index (κ2) is 8.12. The Morgan fingerprint density at radius 1 is 1.00 bits per heavy atom. The number of carbonyl (C=O) groups excluding carboxylic acids is 3. The highest BCUT2D eigenvalue weighted by Crippen LogP contribution is 2.31.